The molecule has 0 spiro atoms. The molecule has 4 aliphatic rings. The van der Waals surface area contributed by atoms with E-state index in [-0.39, 0.29) is 11.6 Å². The molecule has 7 nitrogen and oxygen atoms in total. The maximum Gasteiger partial charge on any atom is 0.126 e. The first-order valence-electron chi connectivity index (χ1n) is 12.8. The van der Waals surface area contributed by atoms with Gasteiger partial charge in [-0.15, -0.1) is 0 Å². The Kier molecular flexibility index (Phi) is 6.36. The summed E-state index contributed by atoms with van der Waals surface area (Å²) in [7, 11) is 0. The van der Waals surface area contributed by atoms with E-state index in [1.807, 2.05) is 0 Å². The number of aliphatic imine (C=N–C) groups is 1. The summed E-state index contributed by atoms with van der Waals surface area (Å²) in [4.78, 5) is 10.2. The molecule has 4 aliphatic heterocycles. The lowest BCUT2D eigenvalue weighted by atomic mass is 9.95. The number of nitrogens with one attached hydrogen (secondary N) is 1. The van der Waals surface area contributed by atoms with Crippen LogP contribution in [0, 0.1) is 0 Å². The minimum absolute atomic E-state index is 0.123. The standard InChI is InChI=1S/C26H40N6O/c1-5-30-10-8-22(9-11-30)32-17-21(16-28-32)20-14-24(27-15-20)23-7-6-19(2)25(29-23)31-12-13-33-26(3,4)18-31/h6,15-17,22-24,27H,5,7-14,18H2,1-4H3/t23-,24?/m0/s1. The first-order valence-corrected chi connectivity index (χ1v) is 12.8. The molecule has 1 aromatic rings. The summed E-state index contributed by atoms with van der Waals surface area (Å²) < 4.78 is 8.13. The largest absolute Gasteiger partial charge is 0.385 e. The Morgan fingerprint density at radius 1 is 1.21 bits per heavy atom. The van der Waals surface area contributed by atoms with Gasteiger partial charge in [-0.25, -0.2) is 0 Å². The van der Waals surface area contributed by atoms with Gasteiger partial charge in [-0.3, -0.25) is 9.67 Å². The second-order valence-corrected chi connectivity index (χ2v) is 10.7. The molecule has 2 atom stereocenters. The first-order chi connectivity index (χ1) is 15.9. The lowest BCUT2D eigenvalue weighted by Gasteiger charge is -2.41. The molecule has 1 N–H and O–H groups in total. The average molecular weight is 453 g/mol. The molecule has 7 heteroatoms. The van der Waals surface area contributed by atoms with Crippen LogP contribution in [0.2, 0.25) is 0 Å². The smallest absolute Gasteiger partial charge is 0.126 e. The Morgan fingerprint density at radius 3 is 2.79 bits per heavy atom. The third-order valence-electron chi connectivity index (χ3n) is 7.76. The molecular weight excluding hydrogens is 412 g/mol. The Hall–Kier alpha value is -2.12. The van der Waals surface area contributed by atoms with Gasteiger partial charge >= 0.3 is 0 Å². The number of piperidine rings is 1. The van der Waals surface area contributed by atoms with Crippen molar-refractivity contribution in [2.75, 3.05) is 39.3 Å². The van der Waals surface area contributed by atoms with Gasteiger partial charge in [-0.2, -0.15) is 5.10 Å². The van der Waals surface area contributed by atoms with Gasteiger partial charge in [0.05, 0.1) is 36.5 Å². The van der Waals surface area contributed by atoms with Crippen molar-refractivity contribution in [3.63, 3.8) is 0 Å². The highest BCUT2D eigenvalue weighted by molar-refractivity contribution is 5.98. The number of morpholine rings is 1. The van der Waals surface area contributed by atoms with E-state index < -0.39 is 0 Å². The van der Waals surface area contributed by atoms with Crippen LogP contribution in [0.15, 0.2) is 35.2 Å². The van der Waals surface area contributed by atoms with E-state index in [0.29, 0.717) is 12.1 Å². The number of dihydropyridines is 1. The van der Waals surface area contributed by atoms with E-state index in [0.717, 1.165) is 44.9 Å². The Bertz CT molecular complexity index is 936. The van der Waals surface area contributed by atoms with Crippen LogP contribution >= 0.6 is 0 Å². The third kappa shape index (κ3) is 4.90. The molecule has 1 unspecified atom stereocenters. The van der Waals surface area contributed by atoms with Crippen molar-refractivity contribution in [2.45, 2.75) is 77.1 Å². The zero-order valence-electron chi connectivity index (χ0n) is 20.8. The van der Waals surface area contributed by atoms with Crippen LogP contribution in [-0.2, 0) is 4.74 Å². The first kappa shape index (κ1) is 22.7. The summed E-state index contributed by atoms with van der Waals surface area (Å²) in [5.74, 6) is 1.16. The number of aromatic nitrogens is 2. The van der Waals surface area contributed by atoms with E-state index >= 15 is 0 Å². The van der Waals surface area contributed by atoms with E-state index in [2.05, 4.69) is 72.2 Å². The van der Waals surface area contributed by atoms with Gasteiger partial charge in [0.1, 0.15) is 5.84 Å². The number of ether oxygens (including phenoxy) is 1. The van der Waals surface area contributed by atoms with Gasteiger partial charge in [-0.05, 0) is 64.1 Å². The normalized spacial score (nSPS) is 28.8. The number of likely N-dealkylation sites (tertiary alicyclic amines) is 1. The molecule has 0 saturated carbocycles. The lowest BCUT2D eigenvalue weighted by Crippen LogP contribution is -2.52. The number of nitrogens with zero attached hydrogens (tertiary/aromatic N) is 5. The second kappa shape index (κ2) is 9.26. The van der Waals surface area contributed by atoms with Crippen molar-refractivity contribution >= 4 is 11.4 Å². The second-order valence-electron chi connectivity index (χ2n) is 10.7. The van der Waals surface area contributed by atoms with Gasteiger partial charge in [0, 0.05) is 44.1 Å². The van der Waals surface area contributed by atoms with E-state index in [1.54, 1.807) is 0 Å². The Balaban J connectivity index is 1.22. The zero-order chi connectivity index (χ0) is 23.0. The molecule has 180 valence electrons. The van der Waals surface area contributed by atoms with Crippen molar-refractivity contribution in [1.82, 2.24) is 24.9 Å². The van der Waals surface area contributed by atoms with Crippen molar-refractivity contribution in [3.8, 4) is 0 Å². The molecule has 0 bridgehead atoms. The number of amidine groups is 1. The van der Waals surface area contributed by atoms with Crippen molar-refractivity contribution < 1.29 is 4.74 Å². The molecule has 5 rings (SSSR count). The van der Waals surface area contributed by atoms with Crippen molar-refractivity contribution in [1.29, 1.82) is 0 Å². The highest BCUT2D eigenvalue weighted by Crippen LogP contribution is 2.31. The van der Waals surface area contributed by atoms with Gasteiger partial charge in [0.15, 0.2) is 0 Å². The highest BCUT2D eigenvalue weighted by atomic mass is 16.5. The van der Waals surface area contributed by atoms with Gasteiger partial charge in [0.2, 0.25) is 0 Å². The molecule has 1 aromatic heterocycles. The molecule has 0 amide bonds. The van der Waals surface area contributed by atoms with Crippen LogP contribution in [0.5, 0.6) is 0 Å². The SMILES string of the molecule is CCN1CCC(n2cc(C3=CNC([C@@H]4CC=C(C)C(N5CCOC(C)(C)C5)=N4)C3)cn2)CC1. The molecule has 33 heavy (non-hydrogen) atoms. The van der Waals surface area contributed by atoms with Crippen molar-refractivity contribution in [2.24, 2.45) is 4.99 Å². The van der Waals surface area contributed by atoms with Crippen LogP contribution < -0.4 is 5.32 Å². The monoisotopic (exact) mass is 452 g/mol. The predicted octanol–water partition coefficient (Wildman–Crippen LogP) is 3.47. The maximum atomic E-state index is 5.92. The zero-order valence-corrected chi connectivity index (χ0v) is 20.8. The van der Waals surface area contributed by atoms with Crippen LogP contribution in [0.25, 0.3) is 5.57 Å². The minimum Gasteiger partial charge on any atom is -0.385 e. The van der Waals surface area contributed by atoms with Crippen LogP contribution in [0.3, 0.4) is 0 Å². The summed E-state index contributed by atoms with van der Waals surface area (Å²) in [5.41, 5.74) is 3.78. The van der Waals surface area contributed by atoms with Gasteiger partial charge in [0.25, 0.3) is 0 Å². The van der Waals surface area contributed by atoms with Crippen molar-refractivity contribution in [3.05, 3.63) is 35.8 Å². The maximum absolute atomic E-state index is 5.92. The summed E-state index contributed by atoms with van der Waals surface area (Å²) in [5, 5.41) is 8.39. The minimum atomic E-state index is -0.123. The van der Waals surface area contributed by atoms with Gasteiger partial charge in [-0.1, -0.05) is 13.0 Å². The Morgan fingerprint density at radius 2 is 2.03 bits per heavy atom. The quantitative estimate of drug-likeness (QED) is 0.758. The Labute approximate surface area is 198 Å². The molecule has 2 saturated heterocycles. The van der Waals surface area contributed by atoms with Crippen LogP contribution in [-0.4, -0.2) is 82.4 Å². The summed E-state index contributed by atoms with van der Waals surface area (Å²) in [6.07, 6.45) is 13.3. The average Bonchev–Trinajstić information content (AvgIpc) is 3.49. The van der Waals surface area contributed by atoms with E-state index in [4.69, 9.17) is 14.8 Å². The molecule has 2 fully saturated rings. The van der Waals surface area contributed by atoms with Crippen LogP contribution in [0.4, 0.5) is 0 Å². The molecule has 5 heterocycles. The van der Waals surface area contributed by atoms with Gasteiger partial charge < -0.3 is 19.9 Å². The number of hydrogen-bond acceptors (Lipinski definition) is 6. The fourth-order valence-corrected chi connectivity index (χ4v) is 5.70. The summed E-state index contributed by atoms with van der Waals surface area (Å²) in [6.45, 7) is 14.9. The number of rotatable bonds is 4. The number of hydrogen-bond donors (Lipinski definition) is 1. The summed E-state index contributed by atoms with van der Waals surface area (Å²) >= 11 is 0. The predicted molar refractivity (Wildman–Crippen MR) is 133 cm³/mol. The molecule has 0 aliphatic carbocycles. The van der Waals surface area contributed by atoms with E-state index in [9.17, 15) is 0 Å². The third-order valence-corrected chi connectivity index (χ3v) is 7.76. The van der Waals surface area contributed by atoms with E-state index in [1.165, 1.54) is 42.6 Å². The molecular formula is C26H40N6O. The molecule has 0 radical (unpaired) electrons. The summed E-state index contributed by atoms with van der Waals surface area (Å²) in [6, 6.07) is 1.13. The van der Waals surface area contributed by atoms with Crippen LogP contribution in [0.1, 0.15) is 65.0 Å². The lowest BCUT2D eigenvalue weighted by molar-refractivity contribution is -0.0677. The fourth-order valence-electron chi connectivity index (χ4n) is 5.70. The molecule has 0 aromatic carbocycles. The highest BCUT2D eigenvalue weighted by Gasteiger charge is 2.33. The fraction of sp³-hybridized carbons (Fsp3) is 0.692. The topological polar surface area (TPSA) is 57.9 Å².